The van der Waals surface area contributed by atoms with Crippen molar-refractivity contribution in [2.24, 2.45) is 0 Å². The lowest BCUT2D eigenvalue weighted by molar-refractivity contribution is -0.121. The summed E-state index contributed by atoms with van der Waals surface area (Å²) in [7, 11) is 0. The fraction of sp³-hybridized carbons (Fsp3) is 0.364. The van der Waals surface area contributed by atoms with Gasteiger partial charge in [0, 0.05) is 30.2 Å². The normalized spacial score (nSPS) is 11.1. The van der Waals surface area contributed by atoms with E-state index >= 15 is 0 Å². The van der Waals surface area contributed by atoms with Crippen molar-refractivity contribution in [3.63, 3.8) is 0 Å². The number of aromatic nitrogens is 2. The van der Waals surface area contributed by atoms with Crippen LogP contribution in [0.25, 0.3) is 22.0 Å². The van der Waals surface area contributed by atoms with Crippen LogP contribution in [0.3, 0.4) is 0 Å². The maximum Gasteiger partial charge on any atom is 0.239 e. The summed E-state index contributed by atoms with van der Waals surface area (Å²) >= 11 is 1.60. The highest BCUT2D eigenvalue weighted by atomic mass is 32.1. The summed E-state index contributed by atoms with van der Waals surface area (Å²) in [5.74, 6) is 0.0277. The van der Waals surface area contributed by atoms with Crippen LogP contribution in [0.15, 0.2) is 48.0 Å². The number of likely N-dealkylation sites (N-methyl/N-ethyl adjacent to an activating group) is 1. The van der Waals surface area contributed by atoms with Crippen molar-refractivity contribution in [3.05, 3.63) is 53.5 Å². The van der Waals surface area contributed by atoms with Gasteiger partial charge in [0.1, 0.15) is 11.6 Å². The van der Waals surface area contributed by atoms with Crippen molar-refractivity contribution in [3.8, 4) is 22.0 Å². The Morgan fingerprint density at radius 2 is 1.93 bits per heavy atom. The van der Waals surface area contributed by atoms with Crippen LogP contribution in [-0.4, -0.2) is 46.5 Å². The molecule has 0 aliphatic carbocycles. The van der Waals surface area contributed by atoms with E-state index in [-0.39, 0.29) is 5.91 Å². The first kappa shape index (κ1) is 20.3. The van der Waals surface area contributed by atoms with Gasteiger partial charge in [-0.15, -0.1) is 11.3 Å². The first-order valence-electron chi connectivity index (χ1n) is 9.77. The number of hydrogen-bond donors (Lipinski definition) is 1. The Labute approximate surface area is 171 Å². The monoisotopic (exact) mass is 396 g/mol. The third-order valence-corrected chi connectivity index (χ3v) is 5.72. The van der Waals surface area contributed by atoms with E-state index in [0.717, 1.165) is 41.6 Å². The molecule has 148 valence electrons. The van der Waals surface area contributed by atoms with Crippen molar-refractivity contribution in [1.82, 2.24) is 19.8 Å². The van der Waals surface area contributed by atoms with E-state index in [1.807, 2.05) is 22.9 Å². The summed E-state index contributed by atoms with van der Waals surface area (Å²) in [5.41, 5.74) is 4.29. The lowest BCUT2D eigenvalue weighted by Gasteiger charge is -2.18. The predicted molar refractivity (Wildman–Crippen MR) is 117 cm³/mol. The van der Waals surface area contributed by atoms with Gasteiger partial charge in [0.05, 0.1) is 11.4 Å². The van der Waals surface area contributed by atoms with Gasteiger partial charge in [-0.3, -0.25) is 4.79 Å². The molecule has 2 heterocycles. The molecule has 0 radical (unpaired) electrons. The Hall–Kier alpha value is -2.44. The summed E-state index contributed by atoms with van der Waals surface area (Å²) in [5, 5.41) is 6.01. The second kappa shape index (κ2) is 9.66. The van der Waals surface area contributed by atoms with Gasteiger partial charge in [-0.1, -0.05) is 43.7 Å². The second-order valence-electron chi connectivity index (χ2n) is 6.80. The van der Waals surface area contributed by atoms with Crippen LogP contribution >= 0.6 is 11.3 Å². The van der Waals surface area contributed by atoms with Gasteiger partial charge in [0.15, 0.2) is 0 Å². The molecule has 1 aromatic carbocycles. The van der Waals surface area contributed by atoms with Crippen LogP contribution in [0, 0.1) is 6.92 Å². The third-order valence-electron chi connectivity index (χ3n) is 4.86. The SMILES string of the molecule is CCN(CC)CCNC(=O)Cn1cccc1-c1nc(-c2ccc(C)cc2)cs1. The number of hydrogen-bond acceptors (Lipinski definition) is 4. The number of aryl methyl sites for hydroxylation is 1. The fourth-order valence-electron chi connectivity index (χ4n) is 3.10. The average Bonchev–Trinajstić information content (AvgIpc) is 3.35. The maximum absolute atomic E-state index is 12.3. The van der Waals surface area contributed by atoms with E-state index in [1.165, 1.54) is 5.56 Å². The Morgan fingerprint density at radius 1 is 1.18 bits per heavy atom. The van der Waals surface area contributed by atoms with E-state index in [9.17, 15) is 4.79 Å². The Balaban J connectivity index is 1.64. The Bertz CT molecular complexity index is 893. The number of nitrogens with zero attached hydrogens (tertiary/aromatic N) is 3. The van der Waals surface area contributed by atoms with E-state index < -0.39 is 0 Å². The number of benzene rings is 1. The lowest BCUT2D eigenvalue weighted by atomic mass is 10.1. The molecule has 0 unspecified atom stereocenters. The van der Waals surface area contributed by atoms with Crippen molar-refractivity contribution in [2.45, 2.75) is 27.3 Å². The van der Waals surface area contributed by atoms with Gasteiger partial charge in [0.2, 0.25) is 5.91 Å². The zero-order chi connectivity index (χ0) is 19.9. The van der Waals surface area contributed by atoms with E-state index in [4.69, 9.17) is 4.98 Å². The number of nitrogens with one attached hydrogen (secondary N) is 1. The molecule has 0 spiro atoms. The molecule has 0 saturated heterocycles. The van der Waals surface area contributed by atoms with Crippen LogP contribution in [0.2, 0.25) is 0 Å². The molecule has 5 nitrogen and oxygen atoms in total. The highest BCUT2D eigenvalue weighted by molar-refractivity contribution is 7.13. The molecule has 1 N–H and O–H groups in total. The van der Waals surface area contributed by atoms with Gasteiger partial charge in [-0.25, -0.2) is 4.98 Å². The molecule has 1 amide bonds. The molecule has 0 aliphatic heterocycles. The quantitative estimate of drug-likeness (QED) is 0.594. The molecule has 0 atom stereocenters. The van der Waals surface area contributed by atoms with Crippen molar-refractivity contribution in [1.29, 1.82) is 0 Å². The van der Waals surface area contributed by atoms with Crippen molar-refractivity contribution >= 4 is 17.2 Å². The summed E-state index contributed by atoms with van der Waals surface area (Å²) in [6, 6.07) is 12.4. The molecular weight excluding hydrogens is 368 g/mol. The largest absolute Gasteiger partial charge is 0.353 e. The van der Waals surface area contributed by atoms with Gasteiger partial charge in [-0.05, 0) is 32.1 Å². The van der Waals surface area contributed by atoms with Gasteiger partial charge in [-0.2, -0.15) is 0 Å². The predicted octanol–water partition coefficient (Wildman–Crippen LogP) is 4.05. The first-order chi connectivity index (χ1) is 13.6. The van der Waals surface area contributed by atoms with E-state index in [1.54, 1.807) is 11.3 Å². The van der Waals surface area contributed by atoms with E-state index in [2.05, 4.69) is 60.6 Å². The lowest BCUT2D eigenvalue weighted by Crippen LogP contribution is -2.36. The molecule has 0 bridgehead atoms. The molecule has 2 aromatic heterocycles. The summed E-state index contributed by atoms with van der Waals surface area (Å²) in [6.07, 6.45) is 1.94. The zero-order valence-corrected chi connectivity index (χ0v) is 17.6. The minimum atomic E-state index is 0.0277. The van der Waals surface area contributed by atoms with Crippen LogP contribution < -0.4 is 5.32 Å². The fourth-order valence-corrected chi connectivity index (χ4v) is 3.97. The molecular formula is C22H28N4OS. The molecule has 0 saturated carbocycles. The van der Waals surface area contributed by atoms with Crippen molar-refractivity contribution < 1.29 is 4.79 Å². The number of carbonyl (C=O) groups excluding carboxylic acids is 1. The highest BCUT2D eigenvalue weighted by Gasteiger charge is 2.12. The average molecular weight is 397 g/mol. The number of carbonyl (C=O) groups is 1. The standard InChI is InChI=1S/C22H28N4OS/c1-4-25(5-2)14-12-23-21(27)15-26-13-6-7-20(26)22-24-19(16-28-22)18-10-8-17(3)9-11-18/h6-11,13,16H,4-5,12,14-15H2,1-3H3,(H,23,27). The number of rotatable bonds is 9. The molecule has 28 heavy (non-hydrogen) atoms. The smallest absolute Gasteiger partial charge is 0.239 e. The van der Waals surface area contributed by atoms with Crippen LogP contribution in [-0.2, 0) is 11.3 Å². The second-order valence-corrected chi connectivity index (χ2v) is 7.66. The molecule has 3 rings (SSSR count). The number of thiazole rings is 1. The van der Waals surface area contributed by atoms with Crippen LogP contribution in [0.5, 0.6) is 0 Å². The minimum Gasteiger partial charge on any atom is -0.353 e. The maximum atomic E-state index is 12.3. The number of amides is 1. The first-order valence-corrected chi connectivity index (χ1v) is 10.7. The summed E-state index contributed by atoms with van der Waals surface area (Å²) < 4.78 is 1.96. The molecule has 3 aromatic rings. The zero-order valence-electron chi connectivity index (χ0n) is 16.8. The summed E-state index contributed by atoms with van der Waals surface area (Å²) in [6.45, 7) is 10.2. The molecule has 0 aliphatic rings. The van der Waals surface area contributed by atoms with E-state index in [0.29, 0.717) is 13.1 Å². The van der Waals surface area contributed by atoms with Crippen LogP contribution in [0.1, 0.15) is 19.4 Å². The Morgan fingerprint density at radius 3 is 2.64 bits per heavy atom. The van der Waals surface area contributed by atoms with Gasteiger partial charge < -0.3 is 14.8 Å². The minimum absolute atomic E-state index is 0.0277. The van der Waals surface area contributed by atoms with Gasteiger partial charge >= 0.3 is 0 Å². The van der Waals surface area contributed by atoms with Crippen LogP contribution in [0.4, 0.5) is 0 Å². The topological polar surface area (TPSA) is 50.2 Å². The highest BCUT2D eigenvalue weighted by Crippen LogP contribution is 2.29. The third kappa shape index (κ3) is 5.09. The molecule has 6 heteroatoms. The Kier molecular flexibility index (Phi) is 7.01. The van der Waals surface area contributed by atoms with Crippen molar-refractivity contribution in [2.75, 3.05) is 26.2 Å². The summed E-state index contributed by atoms with van der Waals surface area (Å²) in [4.78, 5) is 19.4. The van der Waals surface area contributed by atoms with Gasteiger partial charge in [0.25, 0.3) is 0 Å². The molecule has 0 fully saturated rings.